The third kappa shape index (κ3) is 6.72. The van der Waals surface area contributed by atoms with Crippen LogP contribution in [0.25, 0.3) is 0 Å². The van der Waals surface area contributed by atoms with Gasteiger partial charge in [0.25, 0.3) is 0 Å². The molecule has 0 spiro atoms. The molecule has 0 heterocycles. The van der Waals surface area contributed by atoms with E-state index >= 15 is 0 Å². The lowest BCUT2D eigenvalue weighted by Crippen LogP contribution is -2.39. The monoisotopic (exact) mass is 217 g/mol. The zero-order valence-corrected chi connectivity index (χ0v) is 11.3. The van der Waals surface area contributed by atoms with E-state index in [1.165, 1.54) is 24.3 Å². The second kappa shape index (κ2) is 8.60. The van der Waals surface area contributed by atoms with Crippen LogP contribution in [0.1, 0.15) is 47.5 Å². The largest absolute Gasteiger partial charge is 0.311 e. The first-order valence-corrected chi connectivity index (χ1v) is 7.11. The topological polar surface area (TPSA) is 12.0 Å². The fourth-order valence-corrected chi connectivity index (χ4v) is 2.44. The summed E-state index contributed by atoms with van der Waals surface area (Å²) in [6.07, 6.45) is 2.53. The van der Waals surface area contributed by atoms with E-state index in [9.17, 15) is 0 Å². The van der Waals surface area contributed by atoms with E-state index in [4.69, 9.17) is 0 Å². The zero-order valence-electron chi connectivity index (χ0n) is 10.5. The molecule has 0 aliphatic heterocycles. The van der Waals surface area contributed by atoms with Gasteiger partial charge < -0.3 is 5.32 Å². The SMILES string of the molecule is CCSCCC(C)NC(CC)C(C)C. The van der Waals surface area contributed by atoms with Crippen molar-refractivity contribution in [1.29, 1.82) is 0 Å². The highest BCUT2D eigenvalue weighted by Gasteiger charge is 2.13. The summed E-state index contributed by atoms with van der Waals surface area (Å²) >= 11 is 2.04. The van der Waals surface area contributed by atoms with Crippen molar-refractivity contribution in [2.75, 3.05) is 11.5 Å². The molecule has 2 unspecified atom stereocenters. The molecule has 0 saturated heterocycles. The number of nitrogens with one attached hydrogen (secondary N) is 1. The summed E-state index contributed by atoms with van der Waals surface area (Å²) in [6.45, 7) is 11.4. The van der Waals surface area contributed by atoms with E-state index in [1.54, 1.807) is 0 Å². The molecular weight excluding hydrogens is 190 g/mol. The molecule has 86 valence electrons. The number of hydrogen-bond donors (Lipinski definition) is 1. The highest BCUT2D eigenvalue weighted by molar-refractivity contribution is 7.99. The van der Waals surface area contributed by atoms with Crippen molar-refractivity contribution >= 4 is 11.8 Å². The maximum atomic E-state index is 3.71. The molecule has 0 rings (SSSR count). The van der Waals surface area contributed by atoms with Crippen LogP contribution < -0.4 is 5.32 Å². The molecule has 14 heavy (non-hydrogen) atoms. The molecule has 0 bridgehead atoms. The Balaban J connectivity index is 3.62. The normalized spacial score (nSPS) is 15.9. The van der Waals surface area contributed by atoms with Crippen LogP contribution >= 0.6 is 11.8 Å². The van der Waals surface area contributed by atoms with Crippen molar-refractivity contribution in [2.45, 2.75) is 59.5 Å². The summed E-state index contributed by atoms with van der Waals surface area (Å²) in [5, 5.41) is 3.71. The molecule has 0 aliphatic carbocycles. The fourth-order valence-electron chi connectivity index (χ4n) is 1.63. The van der Waals surface area contributed by atoms with Crippen molar-refractivity contribution in [1.82, 2.24) is 5.32 Å². The first kappa shape index (κ1) is 14.3. The van der Waals surface area contributed by atoms with E-state index in [0.717, 1.165) is 5.92 Å². The van der Waals surface area contributed by atoms with Crippen LogP contribution in [-0.2, 0) is 0 Å². The lowest BCUT2D eigenvalue weighted by molar-refractivity contribution is 0.349. The lowest BCUT2D eigenvalue weighted by Gasteiger charge is -2.25. The molecule has 0 aromatic rings. The molecule has 0 aromatic carbocycles. The second-order valence-electron chi connectivity index (χ2n) is 4.31. The van der Waals surface area contributed by atoms with Crippen LogP contribution in [0, 0.1) is 5.92 Å². The van der Waals surface area contributed by atoms with Gasteiger partial charge in [-0.15, -0.1) is 0 Å². The van der Waals surface area contributed by atoms with Crippen LogP contribution in [0.15, 0.2) is 0 Å². The molecule has 0 amide bonds. The van der Waals surface area contributed by atoms with Crippen LogP contribution in [0.5, 0.6) is 0 Å². The van der Waals surface area contributed by atoms with Gasteiger partial charge >= 0.3 is 0 Å². The minimum Gasteiger partial charge on any atom is -0.311 e. The Hall–Kier alpha value is 0.310. The van der Waals surface area contributed by atoms with Crippen LogP contribution in [0.2, 0.25) is 0 Å². The van der Waals surface area contributed by atoms with Crippen molar-refractivity contribution in [3.63, 3.8) is 0 Å². The molecule has 0 fully saturated rings. The average molecular weight is 217 g/mol. The molecule has 0 radical (unpaired) electrons. The maximum absolute atomic E-state index is 3.71. The van der Waals surface area contributed by atoms with Crippen LogP contribution in [0.3, 0.4) is 0 Å². The minimum atomic E-state index is 0.668. The molecule has 1 N–H and O–H groups in total. The Morgan fingerprint density at radius 1 is 1.14 bits per heavy atom. The van der Waals surface area contributed by atoms with Crippen molar-refractivity contribution in [3.05, 3.63) is 0 Å². The van der Waals surface area contributed by atoms with E-state index in [-0.39, 0.29) is 0 Å². The van der Waals surface area contributed by atoms with E-state index < -0.39 is 0 Å². The van der Waals surface area contributed by atoms with Gasteiger partial charge in [-0.05, 0) is 37.2 Å². The molecule has 2 heteroatoms. The highest BCUT2D eigenvalue weighted by Crippen LogP contribution is 2.09. The predicted octanol–water partition coefficient (Wildman–Crippen LogP) is 3.54. The molecule has 1 nitrogen and oxygen atoms in total. The Labute approximate surface area is 94.4 Å². The van der Waals surface area contributed by atoms with Gasteiger partial charge in [0.2, 0.25) is 0 Å². The van der Waals surface area contributed by atoms with Crippen LogP contribution in [0.4, 0.5) is 0 Å². The molecule has 2 atom stereocenters. The van der Waals surface area contributed by atoms with Crippen molar-refractivity contribution < 1.29 is 0 Å². The lowest BCUT2D eigenvalue weighted by atomic mass is 10.0. The van der Waals surface area contributed by atoms with Gasteiger partial charge in [-0.25, -0.2) is 0 Å². The summed E-state index contributed by atoms with van der Waals surface area (Å²) < 4.78 is 0. The fraction of sp³-hybridized carbons (Fsp3) is 1.00. The summed E-state index contributed by atoms with van der Waals surface area (Å²) in [5.74, 6) is 3.29. The smallest absolute Gasteiger partial charge is 0.00899 e. The van der Waals surface area contributed by atoms with Crippen molar-refractivity contribution in [2.24, 2.45) is 5.92 Å². The Morgan fingerprint density at radius 2 is 1.79 bits per heavy atom. The molecule has 0 aromatic heterocycles. The Bertz CT molecular complexity index is 125. The first-order valence-electron chi connectivity index (χ1n) is 5.95. The van der Waals surface area contributed by atoms with E-state index in [2.05, 4.69) is 39.9 Å². The van der Waals surface area contributed by atoms with Gasteiger partial charge in [0.15, 0.2) is 0 Å². The summed E-state index contributed by atoms with van der Waals surface area (Å²) in [6, 6.07) is 1.36. The van der Waals surface area contributed by atoms with Gasteiger partial charge in [-0.1, -0.05) is 27.7 Å². The van der Waals surface area contributed by atoms with E-state index in [0.29, 0.717) is 12.1 Å². The second-order valence-corrected chi connectivity index (χ2v) is 5.71. The average Bonchev–Trinajstić information content (AvgIpc) is 2.14. The Morgan fingerprint density at radius 3 is 2.21 bits per heavy atom. The quantitative estimate of drug-likeness (QED) is 0.624. The molecule has 0 aliphatic rings. The van der Waals surface area contributed by atoms with Gasteiger partial charge in [0.1, 0.15) is 0 Å². The van der Waals surface area contributed by atoms with E-state index in [1.807, 2.05) is 11.8 Å². The van der Waals surface area contributed by atoms with Gasteiger partial charge in [-0.2, -0.15) is 11.8 Å². The summed E-state index contributed by atoms with van der Waals surface area (Å²) in [4.78, 5) is 0. The van der Waals surface area contributed by atoms with Crippen LogP contribution in [-0.4, -0.2) is 23.6 Å². The third-order valence-corrected chi connectivity index (χ3v) is 3.58. The minimum absolute atomic E-state index is 0.668. The summed E-state index contributed by atoms with van der Waals surface area (Å²) in [5.41, 5.74) is 0. The van der Waals surface area contributed by atoms with Crippen molar-refractivity contribution in [3.8, 4) is 0 Å². The number of thioether (sulfide) groups is 1. The maximum Gasteiger partial charge on any atom is 0.00899 e. The Kier molecular flexibility index (Phi) is 8.80. The van der Waals surface area contributed by atoms with Gasteiger partial charge in [0.05, 0.1) is 0 Å². The molecular formula is C12H27NS. The predicted molar refractivity (Wildman–Crippen MR) is 69.1 cm³/mol. The van der Waals surface area contributed by atoms with Gasteiger partial charge in [0, 0.05) is 12.1 Å². The van der Waals surface area contributed by atoms with Gasteiger partial charge in [-0.3, -0.25) is 0 Å². The number of hydrogen-bond acceptors (Lipinski definition) is 2. The zero-order chi connectivity index (χ0) is 11.0. The standard InChI is InChI=1S/C12H27NS/c1-6-12(10(3)4)13-11(5)8-9-14-7-2/h10-13H,6-9H2,1-5H3. The highest BCUT2D eigenvalue weighted by atomic mass is 32.2. The summed E-state index contributed by atoms with van der Waals surface area (Å²) in [7, 11) is 0. The first-order chi connectivity index (χ1) is 6.61. The number of rotatable bonds is 8. The molecule has 0 saturated carbocycles. The third-order valence-electron chi connectivity index (χ3n) is 2.64.